The predicted octanol–water partition coefficient (Wildman–Crippen LogP) is 5.67. The van der Waals surface area contributed by atoms with Gasteiger partial charge in [-0.1, -0.05) is 36.4 Å². The van der Waals surface area contributed by atoms with E-state index in [0.717, 1.165) is 27.6 Å². The Balaban J connectivity index is 1.80. The van der Waals surface area contributed by atoms with E-state index in [1.165, 1.54) is 0 Å². The molecule has 0 saturated carbocycles. The second-order valence-corrected chi connectivity index (χ2v) is 10.5. The Kier molecular flexibility index (Phi) is 7.10. The van der Waals surface area contributed by atoms with Crippen LogP contribution >= 0.6 is 0 Å². The highest BCUT2D eigenvalue weighted by Gasteiger charge is 2.28. The third kappa shape index (κ3) is 4.59. The van der Waals surface area contributed by atoms with Crippen molar-refractivity contribution in [2.24, 2.45) is 0 Å². The lowest BCUT2D eigenvalue weighted by molar-refractivity contribution is -0.137. The van der Waals surface area contributed by atoms with Gasteiger partial charge in [0.25, 0.3) is 5.91 Å². The van der Waals surface area contributed by atoms with E-state index >= 15 is 0 Å². The molecule has 206 valence electrons. The summed E-state index contributed by atoms with van der Waals surface area (Å²) in [6, 6.07) is 17.5. The van der Waals surface area contributed by atoms with Crippen LogP contribution in [0.25, 0.3) is 21.9 Å². The molecular weight excluding hydrogens is 504 g/mol. The van der Waals surface area contributed by atoms with E-state index in [9.17, 15) is 19.5 Å². The number of imidazole rings is 1. The van der Waals surface area contributed by atoms with Crippen LogP contribution in [-0.4, -0.2) is 49.6 Å². The summed E-state index contributed by atoms with van der Waals surface area (Å²) in [4.78, 5) is 44.5. The first-order valence-corrected chi connectivity index (χ1v) is 13.5. The summed E-state index contributed by atoms with van der Waals surface area (Å²) in [6.07, 6.45) is 1.66. The number of carboxylic acids is 1. The van der Waals surface area contributed by atoms with Crippen LogP contribution in [0.5, 0.6) is 0 Å². The van der Waals surface area contributed by atoms with E-state index in [1.807, 2.05) is 50.4 Å². The first kappa shape index (κ1) is 27.0. The van der Waals surface area contributed by atoms with Gasteiger partial charge in [-0.2, -0.15) is 0 Å². The van der Waals surface area contributed by atoms with Crippen LogP contribution in [0.3, 0.4) is 0 Å². The molecule has 1 unspecified atom stereocenters. The molecule has 8 nitrogen and oxygen atoms in total. The van der Waals surface area contributed by atoms with Gasteiger partial charge < -0.3 is 15.0 Å². The second kappa shape index (κ2) is 10.5. The number of aliphatic carboxylic acids is 1. The summed E-state index contributed by atoms with van der Waals surface area (Å²) in [6.45, 7) is 8.52. The van der Waals surface area contributed by atoms with Crippen molar-refractivity contribution in [3.05, 3.63) is 105 Å². The van der Waals surface area contributed by atoms with Crippen LogP contribution in [0.1, 0.15) is 65.0 Å². The average molecular weight is 539 g/mol. The number of carbonyl (C=O) groups is 2. The van der Waals surface area contributed by atoms with E-state index in [2.05, 4.69) is 31.0 Å². The Morgan fingerprint density at radius 2 is 1.73 bits per heavy atom. The van der Waals surface area contributed by atoms with Crippen molar-refractivity contribution in [3.8, 4) is 0 Å². The van der Waals surface area contributed by atoms with Gasteiger partial charge in [0.15, 0.2) is 0 Å². The molecule has 5 rings (SSSR count). The van der Waals surface area contributed by atoms with Gasteiger partial charge in [-0.25, -0.2) is 4.79 Å². The van der Waals surface area contributed by atoms with E-state index in [-0.39, 0.29) is 24.1 Å². The van der Waals surface area contributed by atoms with E-state index in [4.69, 9.17) is 0 Å². The Hall–Kier alpha value is -4.59. The monoisotopic (exact) mass is 538 g/mol. The smallest absolute Gasteiger partial charge is 0.330 e. The molecule has 5 aromatic rings. The first-order valence-electron chi connectivity index (χ1n) is 13.5. The summed E-state index contributed by atoms with van der Waals surface area (Å²) in [5, 5.41) is 10.9. The van der Waals surface area contributed by atoms with Gasteiger partial charge in [-0.3, -0.25) is 18.7 Å². The van der Waals surface area contributed by atoms with Crippen LogP contribution in [0.15, 0.2) is 71.7 Å². The number of nitrogens with one attached hydrogen (secondary N) is 1. The van der Waals surface area contributed by atoms with E-state index < -0.39 is 12.0 Å². The highest BCUT2D eigenvalue weighted by Crippen LogP contribution is 2.33. The Bertz CT molecular complexity index is 1790. The van der Waals surface area contributed by atoms with Crippen LogP contribution in [-0.2, 0) is 4.79 Å². The Morgan fingerprint density at radius 1 is 1.00 bits per heavy atom. The number of carboxylic acid groups (broad SMARTS) is 1. The van der Waals surface area contributed by atoms with Crippen LogP contribution in [0, 0.1) is 13.8 Å². The Morgan fingerprint density at radius 3 is 2.40 bits per heavy atom. The number of amides is 1. The standard InChI is InChI=1S/C32H34N4O4/c1-6-34(5)31(39)23-12-13-26-28(16-23)36(27(17-29(37)38)22-10-8-7-9-11-22)32(40)35(26)21(4)24-18-33-25-15-19(2)14-20(3)30(24)25/h7-16,18,21,27,33H,6,17H2,1-5H3,(H,37,38)/t21?,27-/m1/s1. The molecule has 3 aromatic carbocycles. The molecule has 2 heterocycles. The fourth-order valence-electron chi connectivity index (χ4n) is 5.77. The molecule has 0 aliphatic heterocycles. The number of aromatic amines is 1. The highest BCUT2D eigenvalue weighted by atomic mass is 16.4. The number of nitrogens with zero attached hydrogens (tertiary/aromatic N) is 3. The van der Waals surface area contributed by atoms with Gasteiger partial charge in [-0.05, 0) is 68.7 Å². The number of fused-ring (bicyclic) bond motifs is 2. The molecule has 0 bridgehead atoms. The molecule has 0 saturated heterocycles. The average Bonchev–Trinajstić information content (AvgIpc) is 3.49. The lowest BCUT2D eigenvalue weighted by Gasteiger charge is -2.18. The minimum atomic E-state index is -1.02. The van der Waals surface area contributed by atoms with Crippen molar-refractivity contribution in [3.63, 3.8) is 0 Å². The molecule has 40 heavy (non-hydrogen) atoms. The maximum Gasteiger partial charge on any atom is 0.330 e. The number of aryl methyl sites for hydroxylation is 2. The maximum atomic E-state index is 14.4. The van der Waals surface area contributed by atoms with Gasteiger partial charge in [0, 0.05) is 41.8 Å². The fourth-order valence-corrected chi connectivity index (χ4v) is 5.77. The van der Waals surface area contributed by atoms with Crippen LogP contribution in [0.4, 0.5) is 0 Å². The van der Waals surface area contributed by atoms with Gasteiger partial charge in [0.05, 0.1) is 29.5 Å². The zero-order valence-corrected chi connectivity index (χ0v) is 23.4. The molecule has 2 N–H and O–H groups in total. The SMILES string of the molecule is CCN(C)C(=O)c1ccc2c(c1)n([C@H](CC(=O)O)c1ccccc1)c(=O)n2C(C)c1c[nH]c2cc(C)cc(C)c12. The van der Waals surface area contributed by atoms with Gasteiger partial charge in [0.1, 0.15) is 0 Å². The van der Waals surface area contributed by atoms with Crippen molar-refractivity contribution < 1.29 is 14.7 Å². The molecule has 2 atom stereocenters. The number of hydrogen-bond donors (Lipinski definition) is 2. The summed E-state index contributed by atoms with van der Waals surface area (Å²) >= 11 is 0. The fraction of sp³-hybridized carbons (Fsp3) is 0.281. The maximum absolute atomic E-state index is 14.4. The third-order valence-corrected chi connectivity index (χ3v) is 7.83. The summed E-state index contributed by atoms with van der Waals surface area (Å²) < 4.78 is 3.26. The largest absolute Gasteiger partial charge is 0.481 e. The number of H-pyrrole nitrogens is 1. The van der Waals surface area contributed by atoms with Crippen molar-refractivity contribution in [1.29, 1.82) is 0 Å². The number of hydrogen-bond acceptors (Lipinski definition) is 3. The van der Waals surface area contributed by atoms with E-state index in [0.29, 0.717) is 28.7 Å². The quantitative estimate of drug-likeness (QED) is 0.266. The minimum absolute atomic E-state index is 0.165. The number of rotatable bonds is 8. The third-order valence-electron chi connectivity index (χ3n) is 7.83. The van der Waals surface area contributed by atoms with Crippen LogP contribution < -0.4 is 5.69 Å². The molecule has 0 fully saturated rings. The van der Waals surface area contributed by atoms with Gasteiger partial charge in [-0.15, -0.1) is 0 Å². The topological polar surface area (TPSA) is 100 Å². The molecule has 8 heteroatoms. The molecule has 2 aromatic heterocycles. The number of benzene rings is 3. The lowest BCUT2D eigenvalue weighted by Crippen LogP contribution is -2.31. The molecule has 0 aliphatic rings. The zero-order chi connectivity index (χ0) is 28.7. The molecular formula is C32H34N4O4. The number of aromatic nitrogens is 3. The van der Waals surface area contributed by atoms with Crippen molar-refractivity contribution in [2.75, 3.05) is 13.6 Å². The molecule has 0 radical (unpaired) electrons. The van der Waals surface area contributed by atoms with Gasteiger partial charge in [0.2, 0.25) is 0 Å². The summed E-state index contributed by atoms with van der Waals surface area (Å²) in [5.74, 6) is -1.18. The highest BCUT2D eigenvalue weighted by molar-refractivity contribution is 5.97. The van der Waals surface area contributed by atoms with Crippen molar-refractivity contribution >= 4 is 33.8 Å². The second-order valence-electron chi connectivity index (χ2n) is 10.5. The van der Waals surface area contributed by atoms with E-state index in [1.54, 1.807) is 39.3 Å². The normalized spacial score (nSPS) is 13.0. The zero-order valence-electron chi connectivity index (χ0n) is 23.4. The van der Waals surface area contributed by atoms with Crippen molar-refractivity contribution in [2.45, 2.75) is 46.2 Å². The minimum Gasteiger partial charge on any atom is -0.481 e. The molecule has 1 amide bonds. The predicted molar refractivity (Wildman–Crippen MR) is 157 cm³/mol. The Labute approximate surface area is 232 Å². The molecule has 0 spiro atoms. The number of carbonyl (C=O) groups excluding carboxylic acids is 1. The summed E-state index contributed by atoms with van der Waals surface area (Å²) in [5.41, 5.74) is 6.20. The lowest BCUT2D eigenvalue weighted by atomic mass is 10.0. The summed E-state index contributed by atoms with van der Waals surface area (Å²) in [7, 11) is 1.73. The van der Waals surface area contributed by atoms with Gasteiger partial charge >= 0.3 is 11.7 Å². The van der Waals surface area contributed by atoms with Crippen molar-refractivity contribution in [1.82, 2.24) is 19.0 Å². The molecule has 0 aliphatic carbocycles. The van der Waals surface area contributed by atoms with Crippen LogP contribution in [0.2, 0.25) is 0 Å². The first-order chi connectivity index (χ1) is 19.1.